The molecule has 0 bridgehead atoms. The molecule has 3 amide bonds. The molecule has 10 nitrogen and oxygen atoms in total. The monoisotopic (exact) mass is 436 g/mol. The summed E-state index contributed by atoms with van der Waals surface area (Å²) in [6.45, 7) is 6.50. The van der Waals surface area contributed by atoms with Gasteiger partial charge in [0.1, 0.15) is 23.9 Å². The maximum Gasteiger partial charge on any atom is 0.325 e. The second-order valence-electron chi connectivity index (χ2n) is 7.64. The van der Waals surface area contributed by atoms with E-state index in [1.807, 2.05) is 13.8 Å². The number of carbonyl (C=O) groups is 4. The Kier molecular flexibility index (Phi) is 9.94. The Hall–Kier alpha value is -3.14. The summed E-state index contributed by atoms with van der Waals surface area (Å²) in [6, 6.07) is 2.05. The van der Waals surface area contributed by atoms with Gasteiger partial charge in [0.15, 0.2) is 0 Å². The number of carbonyl (C=O) groups excluding carboxylic acids is 3. The number of amides is 3. The number of nitrogens with two attached hydrogens (primary N) is 1. The largest absolute Gasteiger partial charge is 0.508 e. The molecule has 0 spiro atoms. The van der Waals surface area contributed by atoms with Gasteiger partial charge in [0, 0.05) is 6.42 Å². The molecule has 1 rings (SSSR count). The van der Waals surface area contributed by atoms with E-state index in [0.717, 1.165) is 0 Å². The van der Waals surface area contributed by atoms with Crippen LogP contribution < -0.4 is 21.7 Å². The lowest BCUT2D eigenvalue weighted by molar-refractivity contribution is -0.141. The fourth-order valence-corrected chi connectivity index (χ4v) is 2.64. The van der Waals surface area contributed by atoms with Gasteiger partial charge in [-0.25, -0.2) is 0 Å². The highest BCUT2D eigenvalue weighted by atomic mass is 16.4. The first-order valence-corrected chi connectivity index (χ1v) is 10.1. The van der Waals surface area contributed by atoms with E-state index in [0.29, 0.717) is 12.0 Å². The van der Waals surface area contributed by atoms with Gasteiger partial charge in [0.25, 0.3) is 0 Å². The van der Waals surface area contributed by atoms with Gasteiger partial charge in [-0.15, -0.1) is 0 Å². The minimum absolute atomic E-state index is 0.0438. The van der Waals surface area contributed by atoms with Crippen molar-refractivity contribution in [1.82, 2.24) is 16.0 Å². The summed E-state index contributed by atoms with van der Waals surface area (Å²) in [4.78, 5) is 48.5. The fraction of sp³-hybridized carbons (Fsp3) is 0.524. The Morgan fingerprint density at radius 1 is 0.903 bits per heavy atom. The van der Waals surface area contributed by atoms with Crippen LogP contribution in [0.2, 0.25) is 0 Å². The number of aromatic hydroxyl groups is 1. The Morgan fingerprint density at radius 2 is 1.45 bits per heavy atom. The zero-order valence-corrected chi connectivity index (χ0v) is 18.2. The third kappa shape index (κ3) is 8.25. The van der Waals surface area contributed by atoms with Crippen molar-refractivity contribution >= 4 is 23.7 Å². The van der Waals surface area contributed by atoms with Gasteiger partial charge < -0.3 is 31.9 Å². The van der Waals surface area contributed by atoms with Crippen LogP contribution >= 0.6 is 0 Å². The number of phenolic OH excluding ortho intramolecular Hbond substituents is 1. The Bertz CT molecular complexity index is 783. The quantitative estimate of drug-likeness (QED) is 0.281. The average molecular weight is 437 g/mol. The zero-order chi connectivity index (χ0) is 23.7. The molecule has 0 aliphatic heterocycles. The normalized spacial score (nSPS) is 15.6. The van der Waals surface area contributed by atoms with Crippen molar-refractivity contribution in [2.24, 2.45) is 11.7 Å². The van der Waals surface area contributed by atoms with Crippen LogP contribution in [-0.2, 0) is 25.6 Å². The van der Waals surface area contributed by atoms with Crippen molar-refractivity contribution in [1.29, 1.82) is 0 Å². The molecule has 0 aromatic heterocycles. The first-order valence-electron chi connectivity index (χ1n) is 10.1. The maximum atomic E-state index is 12.6. The standard InChI is InChI=1S/C21H32N4O6/c1-5-11(2)17(22)20(29)23-12(3)18(27)25-16(19(28)24-13(4)21(30)31)10-14-6-8-15(26)9-7-14/h6-9,11-13,16-17,26H,5,10,22H2,1-4H3,(H,23,29)(H,24,28)(H,25,27)(H,30,31). The van der Waals surface area contributed by atoms with Gasteiger partial charge in [0.2, 0.25) is 17.7 Å². The topological polar surface area (TPSA) is 171 Å². The van der Waals surface area contributed by atoms with Gasteiger partial charge in [-0.05, 0) is 37.5 Å². The molecule has 7 N–H and O–H groups in total. The number of hydrogen-bond acceptors (Lipinski definition) is 6. The molecule has 0 aliphatic carbocycles. The summed E-state index contributed by atoms with van der Waals surface area (Å²) in [7, 11) is 0. The molecule has 0 fully saturated rings. The van der Waals surface area contributed by atoms with E-state index in [1.165, 1.54) is 26.0 Å². The van der Waals surface area contributed by atoms with Crippen molar-refractivity contribution in [2.75, 3.05) is 0 Å². The molecule has 31 heavy (non-hydrogen) atoms. The van der Waals surface area contributed by atoms with E-state index in [2.05, 4.69) is 16.0 Å². The van der Waals surface area contributed by atoms with Crippen LogP contribution in [0.15, 0.2) is 24.3 Å². The molecule has 1 aromatic rings. The number of benzene rings is 1. The Morgan fingerprint density at radius 3 is 1.97 bits per heavy atom. The molecule has 0 saturated carbocycles. The summed E-state index contributed by atoms with van der Waals surface area (Å²) in [5.41, 5.74) is 6.52. The van der Waals surface area contributed by atoms with Crippen LogP contribution in [0.25, 0.3) is 0 Å². The van der Waals surface area contributed by atoms with Gasteiger partial charge in [-0.1, -0.05) is 32.4 Å². The highest BCUT2D eigenvalue weighted by Crippen LogP contribution is 2.12. The van der Waals surface area contributed by atoms with E-state index < -0.39 is 47.9 Å². The molecule has 0 saturated heterocycles. The van der Waals surface area contributed by atoms with E-state index in [4.69, 9.17) is 10.8 Å². The molecule has 172 valence electrons. The lowest BCUT2D eigenvalue weighted by Gasteiger charge is -2.24. The zero-order valence-electron chi connectivity index (χ0n) is 18.2. The summed E-state index contributed by atoms with van der Waals surface area (Å²) < 4.78 is 0. The molecule has 10 heteroatoms. The van der Waals surface area contributed by atoms with E-state index in [-0.39, 0.29) is 18.1 Å². The highest BCUT2D eigenvalue weighted by Gasteiger charge is 2.28. The van der Waals surface area contributed by atoms with Gasteiger partial charge >= 0.3 is 5.97 Å². The van der Waals surface area contributed by atoms with Crippen LogP contribution in [0, 0.1) is 5.92 Å². The number of rotatable bonds is 11. The number of nitrogens with one attached hydrogen (secondary N) is 3. The number of phenols is 1. The lowest BCUT2D eigenvalue weighted by atomic mass is 9.99. The molecule has 5 atom stereocenters. The molecule has 5 unspecified atom stereocenters. The number of carboxylic acid groups (broad SMARTS) is 1. The van der Waals surface area contributed by atoms with Crippen molar-refractivity contribution in [3.05, 3.63) is 29.8 Å². The minimum Gasteiger partial charge on any atom is -0.508 e. The van der Waals surface area contributed by atoms with Crippen LogP contribution in [0.1, 0.15) is 39.7 Å². The van der Waals surface area contributed by atoms with Crippen molar-refractivity contribution in [2.45, 2.75) is 64.7 Å². The Balaban J connectivity index is 2.90. The maximum absolute atomic E-state index is 12.6. The Labute approximate surface area is 181 Å². The van der Waals surface area contributed by atoms with Crippen molar-refractivity contribution < 1.29 is 29.4 Å². The molecular weight excluding hydrogens is 404 g/mol. The smallest absolute Gasteiger partial charge is 0.325 e. The second-order valence-corrected chi connectivity index (χ2v) is 7.64. The first kappa shape index (κ1) is 25.9. The van der Waals surface area contributed by atoms with Crippen LogP contribution in [0.3, 0.4) is 0 Å². The molecular formula is C21H32N4O6. The van der Waals surface area contributed by atoms with Gasteiger partial charge in [-0.2, -0.15) is 0 Å². The van der Waals surface area contributed by atoms with E-state index in [9.17, 15) is 24.3 Å². The molecule has 0 radical (unpaired) electrons. The third-order valence-corrected chi connectivity index (χ3v) is 5.05. The number of carboxylic acids is 1. The third-order valence-electron chi connectivity index (χ3n) is 5.05. The fourth-order valence-electron chi connectivity index (χ4n) is 2.64. The number of aliphatic carboxylic acids is 1. The summed E-state index contributed by atoms with van der Waals surface area (Å²) in [5, 5.41) is 25.9. The summed E-state index contributed by atoms with van der Waals surface area (Å²) >= 11 is 0. The van der Waals surface area contributed by atoms with Crippen LogP contribution in [0.5, 0.6) is 5.75 Å². The predicted molar refractivity (Wildman–Crippen MR) is 114 cm³/mol. The molecule has 0 heterocycles. The van der Waals surface area contributed by atoms with E-state index in [1.54, 1.807) is 12.1 Å². The first-order chi connectivity index (χ1) is 14.5. The SMILES string of the molecule is CCC(C)C(N)C(=O)NC(C)C(=O)NC(Cc1ccc(O)cc1)C(=O)NC(C)C(=O)O. The number of hydrogen-bond donors (Lipinski definition) is 6. The van der Waals surface area contributed by atoms with Gasteiger partial charge in [-0.3, -0.25) is 19.2 Å². The van der Waals surface area contributed by atoms with Crippen LogP contribution in [0.4, 0.5) is 0 Å². The van der Waals surface area contributed by atoms with E-state index >= 15 is 0 Å². The average Bonchev–Trinajstić information content (AvgIpc) is 2.72. The second kappa shape index (κ2) is 11.9. The molecule has 1 aromatic carbocycles. The van der Waals surface area contributed by atoms with Crippen LogP contribution in [-0.4, -0.2) is 58.1 Å². The van der Waals surface area contributed by atoms with Crippen molar-refractivity contribution in [3.8, 4) is 5.75 Å². The minimum atomic E-state index is -1.22. The summed E-state index contributed by atoms with van der Waals surface area (Å²) in [6.07, 6.45) is 0.753. The van der Waals surface area contributed by atoms with Gasteiger partial charge in [0.05, 0.1) is 6.04 Å². The van der Waals surface area contributed by atoms with Crippen molar-refractivity contribution in [3.63, 3.8) is 0 Å². The predicted octanol–water partition coefficient (Wildman–Crippen LogP) is -0.113. The summed E-state index contributed by atoms with van der Waals surface area (Å²) in [5.74, 6) is -3.03. The highest BCUT2D eigenvalue weighted by molar-refractivity contribution is 5.94. The molecule has 0 aliphatic rings. The lowest BCUT2D eigenvalue weighted by Crippen LogP contribution is -2.57.